The van der Waals surface area contributed by atoms with Crippen molar-refractivity contribution in [2.24, 2.45) is 5.92 Å². The van der Waals surface area contributed by atoms with Crippen LogP contribution in [0.25, 0.3) is 0 Å². The second-order valence-corrected chi connectivity index (χ2v) is 11.0. The fraction of sp³-hybridized carbons (Fsp3) is 0.667. The molecule has 0 saturated heterocycles. The molecule has 0 spiro atoms. The van der Waals surface area contributed by atoms with Gasteiger partial charge in [0.1, 0.15) is 23.4 Å². The lowest BCUT2D eigenvalue weighted by atomic mass is 9.93. The molecule has 0 bridgehead atoms. The summed E-state index contributed by atoms with van der Waals surface area (Å²) < 4.78 is 5.38. The molecule has 1 aromatic rings. The fourth-order valence-electron chi connectivity index (χ4n) is 4.45. The predicted molar refractivity (Wildman–Crippen MR) is 136 cm³/mol. The molecule has 1 saturated carbocycles. The van der Waals surface area contributed by atoms with Gasteiger partial charge in [0.2, 0.25) is 11.8 Å². The smallest absolute Gasteiger partial charge is 0.408 e. The highest BCUT2D eigenvalue weighted by Crippen LogP contribution is 2.32. The van der Waals surface area contributed by atoms with Crippen LogP contribution in [0.3, 0.4) is 0 Å². The maximum atomic E-state index is 13.9. The zero-order valence-electron chi connectivity index (χ0n) is 22.3. The Morgan fingerprint density at radius 3 is 2.14 bits per heavy atom. The summed E-state index contributed by atoms with van der Waals surface area (Å²) in [6.45, 7) is 12.6. The summed E-state index contributed by atoms with van der Waals surface area (Å²) in [5.41, 5.74) is -0.368. The molecule has 3 amide bonds. The predicted octanol–water partition coefficient (Wildman–Crippen LogP) is 4.67. The van der Waals surface area contributed by atoms with E-state index in [4.69, 9.17) is 4.74 Å². The second kappa shape index (κ2) is 12.3. The van der Waals surface area contributed by atoms with E-state index in [1.165, 1.54) is 11.0 Å². The van der Waals surface area contributed by atoms with Crippen LogP contribution in [0.1, 0.15) is 92.2 Å². The molecule has 0 aliphatic heterocycles. The lowest BCUT2D eigenvalue weighted by molar-refractivity contribution is -0.145. The fourth-order valence-corrected chi connectivity index (χ4v) is 4.45. The van der Waals surface area contributed by atoms with Crippen LogP contribution in [0.5, 0.6) is 5.75 Å². The van der Waals surface area contributed by atoms with Gasteiger partial charge in [-0.25, -0.2) is 4.79 Å². The highest BCUT2D eigenvalue weighted by molar-refractivity contribution is 5.93. The number of hydrogen-bond donors (Lipinski definition) is 3. The molecule has 35 heavy (non-hydrogen) atoms. The number of carbonyl (C=O) groups excluding carboxylic acids is 3. The molecule has 1 fully saturated rings. The molecule has 0 aromatic heterocycles. The third-order valence-electron chi connectivity index (χ3n) is 6.13. The molecule has 2 unspecified atom stereocenters. The van der Waals surface area contributed by atoms with E-state index in [9.17, 15) is 19.5 Å². The topological polar surface area (TPSA) is 108 Å². The van der Waals surface area contributed by atoms with Gasteiger partial charge in [-0.2, -0.15) is 0 Å². The average molecular weight is 490 g/mol. The van der Waals surface area contributed by atoms with Crippen molar-refractivity contribution in [2.75, 3.05) is 0 Å². The van der Waals surface area contributed by atoms with Gasteiger partial charge in [-0.3, -0.25) is 9.59 Å². The van der Waals surface area contributed by atoms with Crippen LogP contribution in [-0.2, 0) is 14.3 Å². The van der Waals surface area contributed by atoms with Crippen LogP contribution in [0.15, 0.2) is 24.3 Å². The largest absolute Gasteiger partial charge is 0.508 e. The third-order valence-corrected chi connectivity index (χ3v) is 6.13. The highest BCUT2D eigenvalue weighted by atomic mass is 16.6. The van der Waals surface area contributed by atoms with Crippen molar-refractivity contribution in [2.45, 2.75) is 110 Å². The Morgan fingerprint density at radius 2 is 1.63 bits per heavy atom. The molecule has 8 heteroatoms. The quantitative estimate of drug-likeness (QED) is 0.492. The van der Waals surface area contributed by atoms with Gasteiger partial charge in [-0.05, 0) is 59.4 Å². The first-order valence-electron chi connectivity index (χ1n) is 12.7. The van der Waals surface area contributed by atoms with E-state index in [0.29, 0.717) is 5.56 Å². The summed E-state index contributed by atoms with van der Waals surface area (Å²) in [6.07, 6.45) is 4.34. The van der Waals surface area contributed by atoms with Gasteiger partial charge in [0.25, 0.3) is 0 Å². The summed E-state index contributed by atoms with van der Waals surface area (Å²) in [5, 5.41) is 16.5. The van der Waals surface area contributed by atoms with Crippen LogP contribution >= 0.6 is 0 Å². The van der Waals surface area contributed by atoms with E-state index in [1.807, 2.05) is 27.7 Å². The molecular weight excluding hydrogens is 446 g/mol. The maximum Gasteiger partial charge on any atom is 0.408 e. The number of phenols is 1. The molecular formula is C27H43N3O5. The SMILES string of the molecule is CC(C)C(NC(=O)OC(C)(C)C)C(=O)N(C(C)C)C(C(=O)NC1CCCCC1)c1ccccc1O. The molecule has 2 rings (SSSR count). The lowest BCUT2D eigenvalue weighted by Crippen LogP contribution is -2.57. The number of hydrogen-bond acceptors (Lipinski definition) is 5. The minimum absolute atomic E-state index is 0.0366. The van der Waals surface area contributed by atoms with Crippen LogP contribution in [0.4, 0.5) is 4.79 Å². The minimum atomic E-state index is -1.05. The number of ether oxygens (including phenoxy) is 1. The number of alkyl carbamates (subject to hydrolysis) is 1. The van der Waals surface area contributed by atoms with Crippen LogP contribution in [0.2, 0.25) is 0 Å². The standard InChI is InChI=1S/C27H43N3O5/c1-17(2)22(29-26(34)35-27(5,6)7)25(33)30(18(3)4)23(20-15-11-12-16-21(20)31)24(32)28-19-13-9-8-10-14-19/h11-12,15-19,22-23,31H,8-10,13-14H2,1-7H3,(H,28,32)(H,29,34). The summed E-state index contributed by atoms with van der Waals surface area (Å²) in [5.74, 6) is -1.06. The van der Waals surface area contributed by atoms with Crippen LogP contribution < -0.4 is 10.6 Å². The highest BCUT2D eigenvalue weighted by Gasteiger charge is 2.40. The van der Waals surface area contributed by atoms with Gasteiger partial charge >= 0.3 is 6.09 Å². The van der Waals surface area contributed by atoms with Crippen molar-refractivity contribution < 1.29 is 24.2 Å². The van der Waals surface area contributed by atoms with E-state index < -0.39 is 29.7 Å². The molecule has 0 heterocycles. The van der Waals surface area contributed by atoms with Gasteiger partial charge in [0.15, 0.2) is 0 Å². The normalized spacial score (nSPS) is 16.5. The van der Waals surface area contributed by atoms with Crippen LogP contribution in [0, 0.1) is 5.92 Å². The number of nitrogens with zero attached hydrogens (tertiary/aromatic N) is 1. The minimum Gasteiger partial charge on any atom is -0.508 e. The van der Waals surface area contributed by atoms with Gasteiger partial charge in [-0.15, -0.1) is 0 Å². The Labute approximate surface area is 209 Å². The summed E-state index contributed by atoms with van der Waals surface area (Å²) in [7, 11) is 0. The Hall–Kier alpha value is -2.77. The molecule has 1 aromatic carbocycles. The third kappa shape index (κ3) is 8.15. The van der Waals surface area contributed by atoms with Crippen LogP contribution in [-0.4, -0.2) is 51.6 Å². The van der Waals surface area contributed by atoms with Crippen molar-refractivity contribution in [1.82, 2.24) is 15.5 Å². The van der Waals surface area contributed by atoms with E-state index in [2.05, 4.69) is 10.6 Å². The van der Waals surface area contributed by atoms with Crippen molar-refractivity contribution in [3.05, 3.63) is 29.8 Å². The van der Waals surface area contributed by atoms with Gasteiger partial charge in [0, 0.05) is 17.6 Å². The Bertz CT molecular complexity index is 872. The number of amides is 3. The molecule has 8 nitrogen and oxygen atoms in total. The summed E-state index contributed by atoms with van der Waals surface area (Å²) >= 11 is 0. The first kappa shape index (κ1) is 28.5. The molecule has 2 atom stereocenters. The number of carbonyl (C=O) groups is 3. The van der Waals surface area contributed by atoms with Crippen molar-refractivity contribution in [1.29, 1.82) is 0 Å². The first-order valence-corrected chi connectivity index (χ1v) is 12.7. The van der Waals surface area contributed by atoms with E-state index in [0.717, 1.165) is 32.1 Å². The number of rotatable bonds is 8. The monoisotopic (exact) mass is 489 g/mol. The first-order chi connectivity index (χ1) is 16.3. The van der Waals surface area contributed by atoms with Gasteiger partial charge in [-0.1, -0.05) is 51.3 Å². The number of aromatic hydroxyl groups is 1. The van der Waals surface area contributed by atoms with Gasteiger partial charge < -0.3 is 25.4 Å². The van der Waals surface area contributed by atoms with Gasteiger partial charge in [0.05, 0.1) is 0 Å². The lowest BCUT2D eigenvalue weighted by Gasteiger charge is -2.39. The number of phenolic OH excluding ortho intramolecular Hbond substituents is 1. The number of benzene rings is 1. The Kier molecular flexibility index (Phi) is 9.98. The molecule has 196 valence electrons. The second-order valence-electron chi connectivity index (χ2n) is 11.0. The van der Waals surface area contributed by atoms with E-state index >= 15 is 0 Å². The molecule has 1 aliphatic rings. The van der Waals surface area contributed by atoms with Crippen molar-refractivity contribution in [3.8, 4) is 5.75 Å². The molecule has 1 aliphatic carbocycles. The van der Waals surface area contributed by atoms with Crippen molar-refractivity contribution in [3.63, 3.8) is 0 Å². The molecule has 3 N–H and O–H groups in total. The van der Waals surface area contributed by atoms with E-state index in [1.54, 1.807) is 39.0 Å². The number of nitrogens with one attached hydrogen (secondary N) is 2. The number of para-hydroxylation sites is 1. The summed E-state index contributed by atoms with van der Waals surface area (Å²) in [6, 6.07) is 4.28. The maximum absolute atomic E-state index is 13.9. The average Bonchev–Trinajstić information content (AvgIpc) is 2.75. The zero-order valence-corrected chi connectivity index (χ0v) is 22.3. The molecule has 0 radical (unpaired) electrons. The summed E-state index contributed by atoms with van der Waals surface area (Å²) in [4.78, 5) is 41.6. The van der Waals surface area contributed by atoms with Crippen molar-refractivity contribution >= 4 is 17.9 Å². The Morgan fingerprint density at radius 1 is 1.03 bits per heavy atom. The zero-order chi connectivity index (χ0) is 26.3. The Balaban J connectivity index is 2.43. The van der Waals surface area contributed by atoms with E-state index in [-0.39, 0.29) is 29.7 Å².